The molecule has 0 aliphatic carbocycles. The van der Waals surface area contributed by atoms with E-state index in [1.807, 2.05) is 24.3 Å². The van der Waals surface area contributed by atoms with Gasteiger partial charge in [0.25, 0.3) is 0 Å². The summed E-state index contributed by atoms with van der Waals surface area (Å²) in [5, 5.41) is 10.3. The third-order valence-corrected chi connectivity index (χ3v) is 3.46. The van der Waals surface area contributed by atoms with E-state index in [1.54, 1.807) is 6.92 Å². The second-order valence-corrected chi connectivity index (χ2v) is 5.07. The average molecular weight is 333 g/mol. The van der Waals surface area contributed by atoms with E-state index >= 15 is 0 Å². The number of hydrogen-bond acceptors (Lipinski definition) is 7. The van der Waals surface area contributed by atoms with E-state index in [-0.39, 0.29) is 18.6 Å². The molecule has 0 spiro atoms. The van der Waals surface area contributed by atoms with Gasteiger partial charge in [-0.15, -0.1) is 5.10 Å². The third-order valence-electron chi connectivity index (χ3n) is 3.46. The van der Waals surface area contributed by atoms with Crippen molar-refractivity contribution in [2.45, 2.75) is 19.6 Å². The molecule has 1 aromatic carbocycles. The van der Waals surface area contributed by atoms with Crippen molar-refractivity contribution in [1.29, 1.82) is 0 Å². The molecular weight excluding hydrogens is 314 g/mol. The van der Waals surface area contributed by atoms with E-state index < -0.39 is 5.97 Å². The Kier molecular flexibility index (Phi) is 5.39. The number of nitrogens with zero attached hydrogens (tertiary/aromatic N) is 2. The van der Waals surface area contributed by atoms with Crippen LogP contribution in [-0.4, -0.2) is 54.1 Å². The Labute approximate surface area is 139 Å². The molecule has 1 aliphatic rings. The van der Waals surface area contributed by atoms with Crippen LogP contribution in [0, 0.1) is 0 Å². The fourth-order valence-electron chi connectivity index (χ4n) is 2.33. The molecule has 1 aliphatic heterocycles. The van der Waals surface area contributed by atoms with Gasteiger partial charge in [0.1, 0.15) is 11.4 Å². The van der Waals surface area contributed by atoms with Crippen LogP contribution in [0.5, 0.6) is 5.75 Å². The number of ether oxygens (including phenoxy) is 4. The molecule has 1 saturated heterocycles. The van der Waals surface area contributed by atoms with E-state index in [0.29, 0.717) is 31.9 Å². The van der Waals surface area contributed by atoms with Gasteiger partial charge in [-0.3, -0.25) is 0 Å². The lowest BCUT2D eigenvalue weighted by Crippen LogP contribution is -2.12. The van der Waals surface area contributed by atoms with Gasteiger partial charge in [-0.25, -0.2) is 4.79 Å². The number of carbonyl (C=O) groups is 1. The minimum Gasteiger partial charge on any atom is -0.493 e. The lowest BCUT2D eigenvalue weighted by atomic mass is 10.1. The highest BCUT2D eigenvalue weighted by Crippen LogP contribution is 2.23. The number of nitrogens with one attached hydrogen (secondary N) is 1. The first kappa shape index (κ1) is 16.4. The Morgan fingerprint density at radius 2 is 2.00 bits per heavy atom. The number of hydrogen-bond donors (Lipinski definition) is 1. The van der Waals surface area contributed by atoms with Crippen LogP contribution < -0.4 is 4.74 Å². The van der Waals surface area contributed by atoms with Crippen molar-refractivity contribution < 1.29 is 23.7 Å². The summed E-state index contributed by atoms with van der Waals surface area (Å²) in [4.78, 5) is 11.8. The van der Waals surface area contributed by atoms with Crippen molar-refractivity contribution in [3.05, 3.63) is 30.0 Å². The zero-order chi connectivity index (χ0) is 16.8. The van der Waals surface area contributed by atoms with Crippen molar-refractivity contribution in [3.63, 3.8) is 0 Å². The summed E-state index contributed by atoms with van der Waals surface area (Å²) in [5.41, 5.74) is 1.37. The van der Waals surface area contributed by atoms with Crippen molar-refractivity contribution in [2.75, 3.05) is 26.4 Å². The summed E-state index contributed by atoms with van der Waals surface area (Å²) < 4.78 is 21.3. The number of esters is 1. The highest BCUT2D eigenvalue weighted by Gasteiger charge is 2.19. The molecule has 2 aromatic rings. The van der Waals surface area contributed by atoms with Crippen molar-refractivity contribution in [3.8, 4) is 17.0 Å². The average Bonchev–Trinajstić information content (AvgIpc) is 3.27. The lowest BCUT2D eigenvalue weighted by Gasteiger charge is -2.10. The van der Waals surface area contributed by atoms with Gasteiger partial charge in [0.05, 0.1) is 26.4 Å². The standard InChI is InChI=1S/C16H19N3O5/c1-2-21-16(20)15-14(17-19-18-15)11-3-5-12(6-4-11)22-8-7-13-23-9-10-24-13/h3-6,13H,2,7-10H2,1H3,(H,17,18,19). The van der Waals surface area contributed by atoms with Crippen LogP contribution in [0.4, 0.5) is 0 Å². The Hall–Kier alpha value is -2.45. The molecule has 1 N–H and O–H groups in total. The van der Waals surface area contributed by atoms with Gasteiger partial charge in [0.15, 0.2) is 12.0 Å². The SMILES string of the molecule is CCOC(=O)c1n[nH]nc1-c1ccc(OCCC2OCCO2)cc1. The van der Waals surface area contributed by atoms with E-state index in [2.05, 4.69) is 15.4 Å². The predicted molar refractivity (Wildman–Crippen MR) is 83.6 cm³/mol. The number of benzene rings is 1. The highest BCUT2D eigenvalue weighted by atomic mass is 16.7. The fourth-order valence-corrected chi connectivity index (χ4v) is 2.33. The maximum atomic E-state index is 11.8. The molecule has 0 saturated carbocycles. The molecule has 3 rings (SSSR count). The number of aromatic amines is 1. The fraction of sp³-hybridized carbons (Fsp3) is 0.438. The molecule has 24 heavy (non-hydrogen) atoms. The monoisotopic (exact) mass is 333 g/mol. The predicted octanol–water partition coefficient (Wildman–Crippen LogP) is 1.79. The second kappa shape index (κ2) is 7.89. The van der Waals surface area contributed by atoms with Crippen LogP contribution in [0.15, 0.2) is 24.3 Å². The normalized spacial score (nSPS) is 14.7. The summed E-state index contributed by atoms with van der Waals surface area (Å²) in [6.07, 6.45) is 0.504. The van der Waals surface area contributed by atoms with Crippen LogP contribution in [0.25, 0.3) is 11.3 Å². The zero-order valence-electron chi connectivity index (χ0n) is 13.4. The summed E-state index contributed by atoms with van der Waals surface area (Å²) in [7, 11) is 0. The molecule has 0 bridgehead atoms. The van der Waals surface area contributed by atoms with E-state index in [9.17, 15) is 4.79 Å². The van der Waals surface area contributed by atoms with Crippen molar-refractivity contribution in [2.24, 2.45) is 0 Å². The van der Waals surface area contributed by atoms with E-state index in [0.717, 1.165) is 11.3 Å². The molecule has 0 atom stereocenters. The molecule has 2 heterocycles. The number of carbonyl (C=O) groups excluding carboxylic acids is 1. The molecule has 1 aromatic heterocycles. The summed E-state index contributed by atoms with van der Waals surface area (Å²) in [6, 6.07) is 7.27. The molecule has 8 nitrogen and oxygen atoms in total. The highest BCUT2D eigenvalue weighted by molar-refractivity contribution is 5.93. The van der Waals surface area contributed by atoms with Crippen LogP contribution in [0.3, 0.4) is 0 Å². The maximum Gasteiger partial charge on any atom is 0.361 e. The topological polar surface area (TPSA) is 95.6 Å². The summed E-state index contributed by atoms with van der Waals surface area (Å²) in [6.45, 7) is 3.81. The van der Waals surface area contributed by atoms with Crippen molar-refractivity contribution in [1.82, 2.24) is 15.4 Å². The molecule has 0 unspecified atom stereocenters. The lowest BCUT2D eigenvalue weighted by molar-refractivity contribution is -0.0531. The summed E-state index contributed by atoms with van der Waals surface area (Å²) in [5.74, 6) is 0.219. The van der Waals surface area contributed by atoms with Crippen molar-refractivity contribution >= 4 is 5.97 Å². The van der Waals surface area contributed by atoms with Gasteiger partial charge in [0, 0.05) is 12.0 Å². The second-order valence-electron chi connectivity index (χ2n) is 5.07. The molecular formula is C16H19N3O5. The van der Waals surface area contributed by atoms with Gasteiger partial charge in [0.2, 0.25) is 0 Å². The summed E-state index contributed by atoms with van der Waals surface area (Å²) >= 11 is 0. The van der Waals surface area contributed by atoms with Gasteiger partial charge < -0.3 is 18.9 Å². The minimum atomic E-state index is -0.502. The Morgan fingerprint density at radius 1 is 1.25 bits per heavy atom. The van der Waals surface area contributed by atoms with Gasteiger partial charge in [-0.2, -0.15) is 10.3 Å². The van der Waals surface area contributed by atoms with Gasteiger partial charge in [-0.1, -0.05) is 0 Å². The maximum absolute atomic E-state index is 11.8. The number of H-pyrrole nitrogens is 1. The van der Waals surface area contributed by atoms with E-state index in [1.165, 1.54) is 0 Å². The van der Waals surface area contributed by atoms with Crippen LogP contribution in [-0.2, 0) is 14.2 Å². The first-order chi connectivity index (χ1) is 11.8. The van der Waals surface area contributed by atoms with Crippen LogP contribution in [0.1, 0.15) is 23.8 Å². The molecule has 0 radical (unpaired) electrons. The molecule has 0 amide bonds. The third kappa shape index (κ3) is 3.90. The number of rotatable bonds is 7. The minimum absolute atomic E-state index is 0.168. The smallest absolute Gasteiger partial charge is 0.361 e. The largest absolute Gasteiger partial charge is 0.493 e. The Bertz CT molecular complexity index is 665. The molecule has 8 heteroatoms. The first-order valence-corrected chi connectivity index (χ1v) is 7.82. The molecule has 128 valence electrons. The quantitative estimate of drug-likeness (QED) is 0.772. The zero-order valence-corrected chi connectivity index (χ0v) is 13.4. The number of aromatic nitrogens is 3. The Morgan fingerprint density at radius 3 is 2.71 bits per heavy atom. The van der Waals surface area contributed by atoms with Gasteiger partial charge in [-0.05, 0) is 31.2 Å². The van der Waals surface area contributed by atoms with Crippen LogP contribution in [0.2, 0.25) is 0 Å². The van der Waals surface area contributed by atoms with Gasteiger partial charge >= 0.3 is 5.97 Å². The molecule has 1 fully saturated rings. The van der Waals surface area contributed by atoms with Crippen LogP contribution >= 0.6 is 0 Å². The van der Waals surface area contributed by atoms with E-state index in [4.69, 9.17) is 18.9 Å². The Balaban J connectivity index is 1.60. The first-order valence-electron chi connectivity index (χ1n) is 7.82.